The fourth-order valence-electron chi connectivity index (χ4n) is 2.16. The molecule has 0 unspecified atom stereocenters. The fraction of sp³-hybridized carbons (Fsp3) is 0.357. The molecule has 1 aromatic carbocycles. The van der Waals surface area contributed by atoms with E-state index >= 15 is 0 Å². The van der Waals surface area contributed by atoms with E-state index in [1.54, 1.807) is 0 Å². The van der Waals surface area contributed by atoms with Gasteiger partial charge in [-0.15, -0.1) is 5.10 Å². The van der Waals surface area contributed by atoms with E-state index in [1.165, 1.54) is 5.56 Å². The van der Waals surface area contributed by atoms with Crippen molar-refractivity contribution in [3.63, 3.8) is 0 Å². The third kappa shape index (κ3) is 2.81. The number of hydrogen-bond acceptors (Lipinski definition) is 4. The molecule has 19 heavy (non-hydrogen) atoms. The maximum atomic E-state index is 12.3. The van der Waals surface area contributed by atoms with Gasteiger partial charge in [0.05, 0.1) is 5.69 Å². The molecule has 0 bridgehead atoms. The molecule has 1 heterocycles. The molecule has 0 aliphatic heterocycles. The molecule has 100 valence electrons. The first kappa shape index (κ1) is 13.7. The number of aromatic nitrogens is 2. The second kappa shape index (κ2) is 5.48. The van der Waals surface area contributed by atoms with Gasteiger partial charge in [-0.05, 0) is 49.9 Å². The Labute approximate surface area is 117 Å². The summed E-state index contributed by atoms with van der Waals surface area (Å²) in [6.07, 6.45) is 0.713. The smallest absolute Gasteiger partial charge is 0.269 e. The van der Waals surface area contributed by atoms with Crippen molar-refractivity contribution in [1.29, 1.82) is 0 Å². The molecule has 1 aromatic heterocycles. The lowest BCUT2D eigenvalue weighted by Crippen LogP contribution is -2.14. The molecule has 2 rings (SSSR count). The zero-order chi connectivity index (χ0) is 14.0. The van der Waals surface area contributed by atoms with Crippen LogP contribution in [-0.2, 0) is 6.42 Å². The normalized spacial score (nSPS) is 10.5. The van der Waals surface area contributed by atoms with Gasteiger partial charge in [0.15, 0.2) is 0 Å². The van der Waals surface area contributed by atoms with Crippen molar-refractivity contribution >= 4 is 23.1 Å². The number of benzene rings is 1. The predicted molar refractivity (Wildman–Crippen MR) is 77.9 cm³/mol. The molecule has 0 saturated carbocycles. The molecule has 0 spiro atoms. The summed E-state index contributed by atoms with van der Waals surface area (Å²) in [5.74, 6) is -0.123. The minimum atomic E-state index is -0.123. The van der Waals surface area contributed by atoms with Crippen molar-refractivity contribution in [1.82, 2.24) is 9.59 Å². The van der Waals surface area contributed by atoms with Gasteiger partial charge in [-0.3, -0.25) is 4.79 Å². The Hall–Kier alpha value is -1.75. The summed E-state index contributed by atoms with van der Waals surface area (Å²) in [6, 6.07) is 4.13. The number of rotatable bonds is 3. The highest BCUT2D eigenvalue weighted by molar-refractivity contribution is 7.08. The lowest BCUT2D eigenvalue weighted by molar-refractivity contribution is 0.102. The van der Waals surface area contributed by atoms with E-state index in [2.05, 4.69) is 27.0 Å². The molecular formula is C14H17N3OS. The van der Waals surface area contributed by atoms with E-state index in [-0.39, 0.29) is 5.91 Å². The van der Waals surface area contributed by atoms with Crippen LogP contribution in [0.3, 0.4) is 0 Å². The van der Waals surface area contributed by atoms with Crippen LogP contribution in [-0.4, -0.2) is 15.5 Å². The van der Waals surface area contributed by atoms with E-state index in [1.807, 2.05) is 27.7 Å². The maximum absolute atomic E-state index is 12.3. The molecule has 2 aromatic rings. The molecule has 0 aliphatic carbocycles. The highest BCUT2D eigenvalue weighted by atomic mass is 32.1. The van der Waals surface area contributed by atoms with Crippen molar-refractivity contribution < 1.29 is 4.79 Å². The minimum Gasteiger partial charge on any atom is -0.321 e. The van der Waals surface area contributed by atoms with Gasteiger partial charge in [0.1, 0.15) is 4.88 Å². The molecule has 0 radical (unpaired) electrons. The van der Waals surface area contributed by atoms with Crippen LogP contribution in [0.5, 0.6) is 0 Å². The molecule has 5 heteroatoms. The van der Waals surface area contributed by atoms with Crippen molar-refractivity contribution in [2.75, 3.05) is 5.32 Å². The van der Waals surface area contributed by atoms with Crippen LogP contribution >= 0.6 is 11.5 Å². The summed E-state index contributed by atoms with van der Waals surface area (Å²) in [5, 5.41) is 6.94. The van der Waals surface area contributed by atoms with E-state index in [0.717, 1.165) is 34.0 Å². The van der Waals surface area contributed by atoms with Gasteiger partial charge < -0.3 is 5.32 Å². The van der Waals surface area contributed by atoms with E-state index in [4.69, 9.17) is 0 Å². The van der Waals surface area contributed by atoms with Gasteiger partial charge in [0, 0.05) is 5.69 Å². The summed E-state index contributed by atoms with van der Waals surface area (Å²) in [6.45, 7) is 8.02. The quantitative estimate of drug-likeness (QED) is 0.935. The molecule has 4 nitrogen and oxygen atoms in total. The Balaban J connectivity index is 2.29. The SMILES string of the molecule is CCc1nnsc1C(=O)Nc1c(C)cc(C)cc1C. The molecule has 0 atom stereocenters. The van der Waals surface area contributed by atoms with Crippen LogP contribution in [0.15, 0.2) is 12.1 Å². The molecule has 1 N–H and O–H groups in total. The van der Waals surface area contributed by atoms with Gasteiger partial charge >= 0.3 is 0 Å². The summed E-state index contributed by atoms with van der Waals surface area (Å²) in [5.41, 5.74) is 4.97. The number of anilines is 1. The number of amides is 1. The Morgan fingerprint density at radius 1 is 1.26 bits per heavy atom. The topological polar surface area (TPSA) is 54.9 Å². The van der Waals surface area contributed by atoms with Crippen molar-refractivity contribution in [2.45, 2.75) is 34.1 Å². The van der Waals surface area contributed by atoms with E-state index in [0.29, 0.717) is 11.3 Å². The number of aryl methyl sites for hydroxylation is 4. The summed E-state index contributed by atoms with van der Waals surface area (Å²) >= 11 is 1.14. The van der Waals surface area contributed by atoms with Gasteiger partial charge in [-0.1, -0.05) is 29.1 Å². The summed E-state index contributed by atoms with van der Waals surface area (Å²) in [4.78, 5) is 12.9. The van der Waals surface area contributed by atoms with Crippen LogP contribution < -0.4 is 5.32 Å². The standard InChI is InChI=1S/C14H17N3OS/c1-5-11-13(19-17-16-11)14(18)15-12-9(3)6-8(2)7-10(12)4/h6-7H,5H2,1-4H3,(H,15,18). The average Bonchev–Trinajstić information content (AvgIpc) is 2.81. The Bertz CT molecular complexity index is 596. The number of hydrogen-bond donors (Lipinski definition) is 1. The lowest BCUT2D eigenvalue weighted by atomic mass is 10.1. The second-order valence-corrected chi connectivity index (χ2v) is 5.38. The van der Waals surface area contributed by atoms with Crippen LogP contribution in [0.4, 0.5) is 5.69 Å². The third-order valence-corrected chi connectivity index (χ3v) is 3.78. The Morgan fingerprint density at radius 2 is 1.89 bits per heavy atom. The van der Waals surface area contributed by atoms with Crippen LogP contribution in [0.25, 0.3) is 0 Å². The highest BCUT2D eigenvalue weighted by Gasteiger charge is 2.16. The average molecular weight is 275 g/mol. The summed E-state index contributed by atoms with van der Waals surface area (Å²) < 4.78 is 3.85. The van der Waals surface area contributed by atoms with Crippen molar-refractivity contribution in [3.05, 3.63) is 39.4 Å². The number of carbonyl (C=O) groups is 1. The molecule has 1 amide bonds. The summed E-state index contributed by atoms with van der Waals surface area (Å²) in [7, 11) is 0. The van der Waals surface area contributed by atoms with Gasteiger partial charge in [0.2, 0.25) is 0 Å². The zero-order valence-corrected chi connectivity index (χ0v) is 12.4. The first-order chi connectivity index (χ1) is 9.02. The highest BCUT2D eigenvalue weighted by Crippen LogP contribution is 2.23. The molecule has 0 saturated heterocycles. The number of nitrogens with zero attached hydrogens (tertiary/aromatic N) is 2. The molecule has 0 aliphatic rings. The Morgan fingerprint density at radius 3 is 2.47 bits per heavy atom. The molecular weight excluding hydrogens is 258 g/mol. The van der Waals surface area contributed by atoms with Crippen LogP contribution in [0, 0.1) is 20.8 Å². The fourth-order valence-corrected chi connectivity index (χ4v) is 2.81. The van der Waals surface area contributed by atoms with Crippen molar-refractivity contribution in [2.24, 2.45) is 0 Å². The van der Waals surface area contributed by atoms with Crippen LogP contribution in [0.1, 0.15) is 39.0 Å². The second-order valence-electron chi connectivity index (χ2n) is 4.63. The van der Waals surface area contributed by atoms with Gasteiger partial charge in [0.25, 0.3) is 5.91 Å². The van der Waals surface area contributed by atoms with E-state index in [9.17, 15) is 4.79 Å². The third-order valence-electron chi connectivity index (χ3n) is 3.01. The maximum Gasteiger partial charge on any atom is 0.269 e. The zero-order valence-electron chi connectivity index (χ0n) is 11.6. The minimum absolute atomic E-state index is 0.123. The first-order valence-corrected chi connectivity index (χ1v) is 7.00. The molecule has 0 fully saturated rings. The van der Waals surface area contributed by atoms with Gasteiger partial charge in [-0.2, -0.15) is 0 Å². The van der Waals surface area contributed by atoms with Gasteiger partial charge in [-0.25, -0.2) is 0 Å². The predicted octanol–water partition coefficient (Wildman–Crippen LogP) is 3.28. The van der Waals surface area contributed by atoms with Crippen LogP contribution in [0.2, 0.25) is 0 Å². The van der Waals surface area contributed by atoms with E-state index < -0.39 is 0 Å². The number of nitrogens with one attached hydrogen (secondary N) is 1. The lowest BCUT2D eigenvalue weighted by Gasteiger charge is -2.12. The number of carbonyl (C=O) groups excluding carboxylic acids is 1. The Kier molecular flexibility index (Phi) is 3.95. The van der Waals surface area contributed by atoms with Crippen molar-refractivity contribution in [3.8, 4) is 0 Å². The monoisotopic (exact) mass is 275 g/mol. The largest absolute Gasteiger partial charge is 0.321 e. The first-order valence-electron chi connectivity index (χ1n) is 6.23.